The zero-order valence-corrected chi connectivity index (χ0v) is 13.1. The SMILES string of the molecule is O=S(=O)(CCc1ccccc1)NC(CCl)c1ccccc1. The fourth-order valence-corrected chi connectivity index (χ4v) is 3.67. The van der Waals surface area contributed by atoms with Gasteiger partial charge in [0.15, 0.2) is 0 Å². The first-order chi connectivity index (χ1) is 10.1. The summed E-state index contributed by atoms with van der Waals surface area (Å²) in [5, 5.41) is 0. The average Bonchev–Trinajstić information content (AvgIpc) is 2.53. The van der Waals surface area contributed by atoms with Gasteiger partial charge in [0.25, 0.3) is 0 Å². The Bertz CT molecular complexity index is 644. The first-order valence-corrected chi connectivity index (χ1v) is 8.94. The maximum absolute atomic E-state index is 12.2. The van der Waals surface area contributed by atoms with Crippen LogP contribution in [0.3, 0.4) is 0 Å². The Morgan fingerprint density at radius 3 is 2.10 bits per heavy atom. The minimum Gasteiger partial charge on any atom is -0.212 e. The summed E-state index contributed by atoms with van der Waals surface area (Å²) >= 11 is 5.90. The van der Waals surface area contributed by atoms with Crippen LogP contribution in [0.2, 0.25) is 0 Å². The van der Waals surface area contributed by atoms with Crippen LogP contribution in [0.4, 0.5) is 0 Å². The summed E-state index contributed by atoms with van der Waals surface area (Å²) < 4.78 is 27.0. The van der Waals surface area contributed by atoms with Crippen molar-refractivity contribution in [3.05, 3.63) is 71.8 Å². The molecular weight excluding hydrogens is 306 g/mol. The van der Waals surface area contributed by atoms with Crippen LogP contribution in [0.5, 0.6) is 0 Å². The van der Waals surface area contributed by atoms with Crippen LogP contribution in [-0.4, -0.2) is 20.1 Å². The monoisotopic (exact) mass is 323 g/mol. The molecule has 0 fully saturated rings. The Morgan fingerprint density at radius 2 is 1.52 bits per heavy atom. The van der Waals surface area contributed by atoms with Crippen LogP contribution >= 0.6 is 11.6 Å². The molecular formula is C16H18ClNO2S. The van der Waals surface area contributed by atoms with Crippen molar-refractivity contribution >= 4 is 21.6 Å². The summed E-state index contributed by atoms with van der Waals surface area (Å²) in [4.78, 5) is 0. The van der Waals surface area contributed by atoms with Crippen molar-refractivity contribution in [2.45, 2.75) is 12.5 Å². The lowest BCUT2D eigenvalue weighted by Crippen LogP contribution is -2.32. The van der Waals surface area contributed by atoms with Crippen molar-refractivity contribution in [3.63, 3.8) is 0 Å². The van der Waals surface area contributed by atoms with Crippen LogP contribution in [0.25, 0.3) is 0 Å². The smallest absolute Gasteiger partial charge is 0.212 e. The molecule has 2 rings (SSSR count). The molecule has 0 aliphatic carbocycles. The highest BCUT2D eigenvalue weighted by Crippen LogP contribution is 2.15. The quantitative estimate of drug-likeness (QED) is 0.796. The maximum atomic E-state index is 12.2. The van der Waals surface area contributed by atoms with E-state index < -0.39 is 16.1 Å². The molecule has 1 unspecified atom stereocenters. The number of rotatable bonds is 7. The molecule has 21 heavy (non-hydrogen) atoms. The fourth-order valence-electron chi connectivity index (χ4n) is 2.05. The molecule has 1 N–H and O–H groups in total. The Kier molecular flexibility index (Phi) is 5.79. The molecule has 0 aliphatic rings. The average molecular weight is 324 g/mol. The van der Waals surface area contributed by atoms with Crippen LogP contribution in [0, 0.1) is 0 Å². The normalized spacial score (nSPS) is 13.0. The third kappa shape index (κ3) is 5.16. The molecule has 0 heterocycles. The standard InChI is InChI=1S/C16H18ClNO2S/c17-13-16(15-9-5-2-6-10-15)18-21(19,20)12-11-14-7-3-1-4-8-14/h1-10,16,18H,11-13H2. The number of hydrogen-bond donors (Lipinski definition) is 1. The number of halogens is 1. The molecule has 0 saturated carbocycles. The number of hydrogen-bond acceptors (Lipinski definition) is 2. The predicted molar refractivity (Wildman–Crippen MR) is 87.0 cm³/mol. The molecule has 0 saturated heterocycles. The summed E-state index contributed by atoms with van der Waals surface area (Å²) in [6, 6.07) is 18.5. The highest BCUT2D eigenvalue weighted by molar-refractivity contribution is 7.89. The topological polar surface area (TPSA) is 46.2 Å². The molecule has 112 valence electrons. The van der Waals surface area contributed by atoms with Gasteiger partial charge in [-0.2, -0.15) is 0 Å². The van der Waals surface area contributed by atoms with E-state index in [-0.39, 0.29) is 11.6 Å². The number of alkyl halides is 1. The zero-order valence-electron chi connectivity index (χ0n) is 11.6. The summed E-state index contributed by atoms with van der Waals surface area (Å²) in [5.74, 6) is 0.256. The zero-order chi connectivity index (χ0) is 15.1. The summed E-state index contributed by atoms with van der Waals surface area (Å²) in [5.41, 5.74) is 1.88. The van der Waals surface area contributed by atoms with E-state index in [0.717, 1.165) is 11.1 Å². The molecule has 0 amide bonds. The molecule has 0 bridgehead atoms. The Balaban J connectivity index is 1.99. The van der Waals surface area contributed by atoms with Gasteiger partial charge in [0.2, 0.25) is 10.0 Å². The van der Waals surface area contributed by atoms with E-state index in [2.05, 4.69) is 4.72 Å². The molecule has 0 spiro atoms. The summed E-state index contributed by atoms with van der Waals surface area (Å²) in [6.45, 7) is 0. The van der Waals surface area contributed by atoms with Gasteiger partial charge in [-0.05, 0) is 17.5 Å². The Morgan fingerprint density at radius 1 is 0.952 bits per heavy atom. The van der Waals surface area contributed by atoms with Gasteiger partial charge >= 0.3 is 0 Å². The predicted octanol–water partition coefficient (Wildman–Crippen LogP) is 3.13. The maximum Gasteiger partial charge on any atom is 0.212 e. The second-order valence-electron chi connectivity index (χ2n) is 4.79. The highest BCUT2D eigenvalue weighted by Gasteiger charge is 2.18. The van der Waals surface area contributed by atoms with Crippen molar-refractivity contribution in [1.29, 1.82) is 0 Å². The number of sulfonamides is 1. The molecule has 1 atom stereocenters. The van der Waals surface area contributed by atoms with Crippen molar-refractivity contribution in [2.75, 3.05) is 11.6 Å². The molecule has 2 aromatic rings. The van der Waals surface area contributed by atoms with Gasteiger partial charge in [-0.1, -0.05) is 60.7 Å². The summed E-state index contributed by atoms with van der Waals surface area (Å²) in [7, 11) is -3.37. The molecule has 0 aromatic heterocycles. The minimum atomic E-state index is -3.37. The Labute approximate surface area is 131 Å². The lowest BCUT2D eigenvalue weighted by Gasteiger charge is -2.16. The van der Waals surface area contributed by atoms with Gasteiger partial charge in [-0.25, -0.2) is 13.1 Å². The van der Waals surface area contributed by atoms with Gasteiger partial charge in [0, 0.05) is 5.88 Å². The number of benzene rings is 2. The second kappa shape index (κ2) is 7.59. The van der Waals surface area contributed by atoms with E-state index >= 15 is 0 Å². The molecule has 2 aromatic carbocycles. The van der Waals surface area contributed by atoms with Crippen molar-refractivity contribution in [1.82, 2.24) is 4.72 Å². The van der Waals surface area contributed by atoms with E-state index in [9.17, 15) is 8.42 Å². The fraction of sp³-hybridized carbons (Fsp3) is 0.250. The second-order valence-corrected chi connectivity index (χ2v) is 6.97. The number of nitrogens with one attached hydrogen (secondary N) is 1. The van der Waals surface area contributed by atoms with Gasteiger partial charge < -0.3 is 0 Å². The van der Waals surface area contributed by atoms with E-state index in [1.165, 1.54) is 0 Å². The highest BCUT2D eigenvalue weighted by atomic mass is 35.5. The van der Waals surface area contributed by atoms with Crippen LogP contribution in [-0.2, 0) is 16.4 Å². The van der Waals surface area contributed by atoms with Gasteiger partial charge in [0.1, 0.15) is 0 Å². The van der Waals surface area contributed by atoms with E-state index in [1.54, 1.807) is 0 Å². The molecule has 0 radical (unpaired) electrons. The lowest BCUT2D eigenvalue weighted by molar-refractivity contribution is 0.567. The lowest BCUT2D eigenvalue weighted by atomic mass is 10.1. The first-order valence-electron chi connectivity index (χ1n) is 6.75. The minimum absolute atomic E-state index is 0.0528. The van der Waals surface area contributed by atoms with Crippen molar-refractivity contribution < 1.29 is 8.42 Å². The molecule has 0 aliphatic heterocycles. The van der Waals surface area contributed by atoms with E-state index in [1.807, 2.05) is 60.7 Å². The molecule has 5 heteroatoms. The third-order valence-corrected chi connectivity index (χ3v) is 4.87. The summed E-state index contributed by atoms with van der Waals surface area (Å²) in [6.07, 6.45) is 0.486. The molecule has 3 nitrogen and oxygen atoms in total. The van der Waals surface area contributed by atoms with Gasteiger partial charge in [-0.3, -0.25) is 0 Å². The Hall–Kier alpha value is -1.36. The van der Waals surface area contributed by atoms with Crippen molar-refractivity contribution in [2.24, 2.45) is 0 Å². The van der Waals surface area contributed by atoms with Crippen molar-refractivity contribution in [3.8, 4) is 0 Å². The largest absolute Gasteiger partial charge is 0.212 e. The number of aryl methyl sites for hydroxylation is 1. The first kappa shape index (κ1) is 16.0. The van der Waals surface area contributed by atoms with Crippen LogP contribution in [0.15, 0.2) is 60.7 Å². The third-order valence-electron chi connectivity index (χ3n) is 3.18. The van der Waals surface area contributed by atoms with Crippen LogP contribution in [0.1, 0.15) is 17.2 Å². The van der Waals surface area contributed by atoms with Crippen LogP contribution < -0.4 is 4.72 Å². The van der Waals surface area contributed by atoms with E-state index in [0.29, 0.717) is 6.42 Å². The van der Waals surface area contributed by atoms with E-state index in [4.69, 9.17) is 11.6 Å². The van der Waals surface area contributed by atoms with Gasteiger partial charge in [0.05, 0.1) is 11.8 Å². The van der Waals surface area contributed by atoms with Gasteiger partial charge in [-0.15, -0.1) is 11.6 Å².